The molecule has 2 rings (SSSR count). The highest BCUT2D eigenvalue weighted by Gasteiger charge is 2.45. The first kappa shape index (κ1) is 25.6. The Morgan fingerprint density at radius 3 is 2.45 bits per heavy atom. The molecule has 0 radical (unpaired) electrons. The zero-order valence-corrected chi connectivity index (χ0v) is 17.6. The normalized spacial score (nSPS) is 29.2. The van der Waals surface area contributed by atoms with Crippen LogP contribution >= 0.6 is 0 Å². The lowest BCUT2D eigenvalue weighted by atomic mass is 10.0. The molecule has 2 unspecified atom stereocenters. The van der Waals surface area contributed by atoms with Crippen LogP contribution in [0.3, 0.4) is 0 Å². The van der Waals surface area contributed by atoms with E-state index < -0.39 is 68.1 Å². The molecule has 176 valence electrons. The number of rotatable bonds is 10. The largest absolute Gasteiger partial charge is 0.394 e. The number of carbonyl (C=O) groups is 1. The van der Waals surface area contributed by atoms with E-state index in [1.807, 2.05) is 19.1 Å². The van der Waals surface area contributed by atoms with Crippen molar-refractivity contribution in [2.45, 2.75) is 75.7 Å². The Morgan fingerprint density at radius 1 is 1.23 bits per heavy atom. The van der Waals surface area contributed by atoms with E-state index in [1.165, 1.54) is 0 Å². The van der Waals surface area contributed by atoms with Gasteiger partial charge in [0, 0.05) is 0 Å². The van der Waals surface area contributed by atoms with Gasteiger partial charge in [0.15, 0.2) is 12.5 Å². The van der Waals surface area contributed by atoms with E-state index in [9.17, 15) is 34.7 Å². The van der Waals surface area contributed by atoms with Crippen LogP contribution in [0.15, 0.2) is 24.3 Å². The number of carbonyl (C=O) groups excluding carboxylic acids is 1. The van der Waals surface area contributed by atoms with Crippen LogP contribution in [0.1, 0.15) is 24.5 Å². The van der Waals surface area contributed by atoms with Gasteiger partial charge < -0.3 is 40.3 Å². The summed E-state index contributed by atoms with van der Waals surface area (Å²) in [6.45, 7) is 2.43. The Kier molecular flexibility index (Phi) is 9.76. The van der Waals surface area contributed by atoms with Crippen LogP contribution < -0.4 is 5.32 Å². The summed E-state index contributed by atoms with van der Waals surface area (Å²) in [5.41, 5.74) is 1.80. The number of aliphatic hydroxyl groups is 5. The molecule has 8 atom stereocenters. The van der Waals surface area contributed by atoms with Crippen LogP contribution in [0.25, 0.3) is 0 Å². The van der Waals surface area contributed by atoms with Crippen LogP contribution in [0.4, 0.5) is 4.39 Å². The summed E-state index contributed by atoms with van der Waals surface area (Å²) in [6.07, 6.45) is -10.8. The molecule has 6 N–H and O–H groups in total. The van der Waals surface area contributed by atoms with Gasteiger partial charge in [0.1, 0.15) is 24.4 Å². The van der Waals surface area contributed by atoms with E-state index in [4.69, 9.17) is 9.47 Å². The number of hydrogen-bond acceptors (Lipinski definition) is 8. The average Bonchev–Trinajstić information content (AvgIpc) is 2.76. The molecule has 1 aromatic rings. The molecule has 31 heavy (non-hydrogen) atoms. The minimum Gasteiger partial charge on any atom is -0.394 e. The third-order valence-electron chi connectivity index (χ3n) is 5.30. The molecule has 1 aliphatic rings. The number of aliphatic hydroxyl groups excluding tert-OH is 5. The molecule has 0 aromatic heterocycles. The predicted octanol–water partition coefficient (Wildman–Crippen LogP) is -1.05. The van der Waals surface area contributed by atoms with Gasteiger partial charge in [-0.3, -0.25) is 4.79 Å². The second-order valence-electron chi connectivity index (χ2n) is 7.79. The van der Waals surface area contributed by atoms with Gasteiger partial charge in [-0.2, -0.15) is 0 Å². The Morgan fingerprint density at radius 2 is 1.87 bits per heavy atom. The molecule has 0 saturated carbocycles. The molecule has 10 heteroatoms. The minimum absolute atomic E-state index is 0.0309. The maximum Gasteiger partial charge on any atom is 0.224 e. The Labute approximate surface area is 180 Å². The molecular formula is C21H32FNO8. The number of ether oxygens (including phenoxy) is 2. The quantitative estimate of drug-likeness (QED) is 0.267. The third-order valence-corrected chi connectivity index (χ3v) is 5.30. The van der Waals surface area contributed by atoms with Crippen LogP contribution in [0.5, 0.6) is 0 Å². The molecule has 1 aliphatic heterocycles. The van der Waals surface area contributed by atoms with Gasteiger partial charge in [0.25, 0.3) is 0 Å². The van der Waals surface area contributed by atoms with Crippen molar-refractivity contribution in [3.63, 3.8) is 0 Å². The van der Waals surface area contributed by atoms with E-state index in [0.717, 1.165) is 11.1 Å². The number of alkyl halides is 1. The van der Waals surface area contributed by atoms with Crippen molar-refractivity contribution in [1.29, 1.82) is 0 Å². The van der Waals surface area contributed by atoms with Gasteiger partial charge in [-0.25, -0.2) is 4.39 Å². The number of benzene rings is 1. The summed E-state index contributed by atoms with van der Waals surface area (Å²) >= 11 is 0. The van der Waals surface area contributed by atoms with Crippen molar-refractivity contribution >= 4 is 5.91 Å². The molecule has 9 nitrogen and oxygen atoms in total. The number of aryl methyl sites for hydroxylation is 1. The van der Waals surface area contributed by atoms with Crippen molar-refractivity contribution in [3.8, 4) is 0 Å². The third kappa shape index (κ3) is 6.91. The molecular weight excluding hydrogens is 413 g/mol. The number of halogens is 1. The topological polar surface area (TPSA) is 149 Å². The Bertz CT molecular complexity index is 688. The van der Waals surface area contributed by atoms with Gasteiger partial charge >= 0.3 is 0 Å². The lowest BCUT2D eigenvalue weighted by molar-refractivity contribution is -0.293. The number of nitrogens with one attached hydrogen (secondary N) is 1. The van der Waals surface area contributed by atoms with E-state index >= 15 is 0 Å². The van der Waals surface area contributed by atoms with Gasteiger partial charge in [0.05, 0.1) is 31.8 Å². The minimum atomic E-state index is -2.00. The molecule has 0 bridgehead atoms. The average molecular weight is 445 g/mol. The van der Waals surface area contributed by atoms with E-state index in [2.05, 4.69) is 5.32 Å². The standard InChI is InChI=1S/C21H32FNO8/c1-3-14(25)18(27)13(23-16(26)8-12-6-4-11(2)5-7-12)10-30-21-20(29)19(28)17(22)15(9-24)31-21/h4-7,13-15,17-21,24-25,27-29H,3,8-10H2,1-2H3,(H,23,26)/t13-,14+,15?,17-,18-,19-,20?,21-/m0/s1. The number of amides is 1. The highest BCUT2D eigenvalue weighted by Crippen LogP contribution is 2.24. The maximum atomic E-state index is 13.9. The molecule has 1 aromatic carbocycles. The summed E-state index contributed by atoms with van der Waals surface area (Å²) < 4.78 is 24.4. The zero-order chi connectivity index (χ0) is 23.1. The fourth-order valence-corrected chi connectivity index (χ4v) is 3.26. The van der Waals surface area contributed by atoms with Crippen molar-refractivity contribution in [2.75, 3.05) is 13.2 Å². The SMILES string of the molecule is CC[C@@H](O)[C@@H](O)[C@H](CO[C@H]1OC(CO)[C@H](F)[C@H](O)C1O)NC(=O)Cc1ccc(C)cc1. The first-order chi connectivity index (χ1) is 14.7. The Hall–Kier alpha value is -1.66. The molecule has 1 saturated heterocycles. The summed E-state index contributed by atoms with van der Waals surface area (Å²) in [4.78, 5) is 12.5. The van der Waals surface area contributed by atoms with Crippen molar-refractivity contribution in [1.82, 2.24) is 5.32 Å². The van der Waals surface area contributed by atoms with Crippen molar-refractivity contribution in [3.05, 3.63) is 35.4 Å². The van der Waals surface area contributed by atoms with Crippen molar-refractivity contribution in [2.24, 2.45) is 0 Å². The van der Waals surface area contributed by atoms with E-state index in [-0.39, 0.29) is 12.8 Å². The maximum absolute atomic E-state index is 13.9. The number of hydrogen-bond donors (Lipinski definition) is 6. The molecule has 0 aliphatic carbocycles. The van der Waals surface area contributed by atoms with Crippen LogP contribution in [-0.2, 0) is 20.7 Å². The molecule has 1 amide bonds. The molecule has 1 fully saturated rings. The summed E-state index contributed by atoms with van der Waals surface area (Å²) in [5.74, 6) is -0.429. The van der Waals surface area contributed by atoms with Crippen LogP contribution in [-0.4, -0.2) is 93.7 Å². The summed E-state index contributed by atoms with van der Waals surface area (Å²) in [7, 11) is 0. The van der Waals surface area contributed by atoms with E-state index in [1.54, 1.807) is 19.1 Å². The fraction of sp³-hybridized carbons (Fsp3) is 0.667. The predicted molar refractivity (Wildman–Crippen MR) is 108 cm³/mol. The lowest BCUT2D eigenvalue weighted by Gasteiger charge is -2.39. The smallest absolute Gasteiger partial charge is 0.224 e. The molecule has 1 heterocycles. The fourth-order valence-electron chi connectivity index (χ4n) is 3.26. The monoisotopic (exact) mass is 445 g/mol. The first-order valence-corrected chi connectivity index (χ1v) is 10.3. The zero-order valence-electron chi connectivity index (χ0n) is 17.6. The Balaban J connectivity index is 2.03. The van der Waals surface area contributed by atoms with Crippen LogP contribution in [0, 0.1) is 6.92 Å². The molecule has 0 spiro atoms. The van der Waals surface area contributed by atoms with Gasteiger partial charge in [-0.1, -0.05) is 36.8 Å². The van der Waals surface area contributed by atoms with Gasteiger partial charge in [0.2, 0.25) is 5.91 Å². The van der Waals surface area contributed by atoms with Gasteiger partial charge in [-0.15, -0.1) is 0 Å². The highest BCUT2D eigenvalue weighted by atomic mass is 19.1. The van der Waals surface area contributed by atoms with Gasteiger partial charge in [-0.05, 0) is 18.9 Å². The summed E-state index contributed by atoms with van der Waals surface area (Å²) in [6, 6.07) is 6.25. The van der Waals surface area contributed by atoms with E-state index in [0.29, 0.717) is 0 Å². The highest BCUT2D eigenvalue weighted by molar-refractivity contribution is 5.79. The second kappa shape index (κ2) is 11.8. The van der Waals surface area contributed by atoms with Crippen molar-refractivity contribution < 1.29 is 44.2 Å². The second-order valence-corrected chi connectivity index (χ2v) is 7.79. The lowest BCUT2D eigenvalue weighted by Crippen LogP contribution is -2.59. The summed E-state index contributed by atoms with van der Waals surface area (Å²) in [5, 5.41) is 52.0. The van der Waals surface area contributed by atoms with Crippen LogP contribution in [0.2, 0.25) is 0 Å². The first-order valence-electron chi connectivity index (χ1n) is 10.3.